The van der Waals surface area contributed by atoms with E-state index in [0.29, 0.717) is 34.3 Å². The number of nitrogens with one attached hydrogen (secondary N) is 1. The van der Waals surface area contributed by atoms with Crippen molar-refractivity contribution in [3.05, 3.63) is 82.9 Å². The number of anilines is 1. The van der Waals surface area contributed by atoms with E-state index >= 15 is 0 Å². The molecule has 1 aliphatic rings. The first kappa shape index (κ1) is 22.9. The summed E-state index contributed by atoms with van der Waals surface area (Å²) in [5.74, 6) is 1.06. The van der Waals surface area contributed by atoms with Crippen LogP contribution >= 0.6 is 11.6 Å². The maximum absolute atomic E-state index is 13.0. The third kappa shape index (κ3) is 5.07. The minimum absolute atomic E-state index is 0.0969. The minimum atomic E-state index is -3.80. The van der Waals surface area contributed by atoms with E-state index in [4.69, 9.17) is 21.1 Å². The van der Waals surface area contributed by atoms with E-state index in [1.165, 1.54) is 24.3 Å². The lowest BCUT2D eigenvalue weighted by molar-refractivity contribution is -0.138. The lowest BCUT2D eigenvalue weighted by Crippen LogP contribution is -2.37. The number of para-hydroxylation sites is 1. The Morgan fingerprint density at radius 2 is 1.85 bits per heavy atom. The molecule has 0 saturated carbocycles. The summed E-state index contributed by atoms with van der Waals surface area (Å²) in [6.45, 7) is 2.29. The summed E-state index contributed by atoms with van der Waals surface area (Å²) in [5, 5.41) is 0.449. The van der Waals surface area contributed by atoms with Crippen LogP contribution in [-0.4, -0.2) is 32.4 Å². The summed E-state index contributed by atoms with van der Waals surface area (Å²) in [4.78, 5) is 14.8. The number of methoxy groups -OCH3 is 1. The Labute approximate surface area is 197 Å². The molecule has 0 radical (unpaired) electrons. The highest BCUT2D eigenvalue weighted by atomic mass is 35.5. The van der Waals surface area contributed by atoms with Gasteiger partial charge in [-0.25, -0.2) is 8.42 Å². The third-order valence-electron chi connectivity index (χ3n) is 5.31. The van der Waals surface area contributed by atoms with Crippen molar-refractivity contribution in [1.29, 1.82) is 0 Å². The molecule has 1 N–H and O–H groups in total. The Bertz CT molecular complexity index is 1280. The van der Waals surface area contributed by atoms with Crippen LogP contribution in [0.5, 0.6) is 11.5 Å². The van der Waals surface area contributed by atoms with Crippen molar-refractivity contribution < 1.29 is 22.7 Å². The van der Waals surface area contributed by atoms with E-state index in [-0.39, 0.29) is 17.3 Å². The SMILES string of the molecule is COc1ccccc1CN1Cc2cc(NS(=O)(=O)c3ccc(Cl)cc3)ccc2O[C@H](C)C1=O. The van der Waals surface area contributed by atoms with Crippen molar-refractivity contribution in [1.82, 2.24) is 4.90 Å². The lowest BCUT2D eigenvalue weighted by Gasteiger charge is -2.23. The molecule has 7 nitrogen and oxygen atoms in total. The van der Waals surface area contributed by atoms with Crippen LogP contribution in [0, 0.1) is 0 Å². The zero-order valence-electron chi connectivity index (χ0n) is 18.1. The van der Waals surface area contributed by atoms with Crippen LogP contribution in [0.15, 0.2) is 71.6 Å². The number of rotatable bonds is 6. The minimum Gasteiger partial charge on any atom is -0.496 e. The number of amides is 1. The number of hydrogen-bond donors (Lipinski definition) is 1. The molecule has 0 aromatic heterocycles. The molecule has 3 aromatic carbocycles. The molecule has 172 valence electrons. The average Bonchev–Trinajstić information content (AvgIpc) is 2.90. The quantitative estimate of drug-likeness (QED) is 0.556. The van der Waals surface area contributed by atoms with E-state index in [1.807, 2.05) is 24.3 Å². The number of hydrogen-bond acceptors (Lipinski definition) is 5. The number of carbonyl (C=O) groups is 1. The fourth-order valence-electron chi connectivity index (χ4n) is 3.66. The molecule has 0 unspecified atom stereocenters. The van der Waals surface area contributed by atoms with Crippen molar-refractivity contribution >= 4 is 33.2 Å². The van der Waals surface area contributed by atoms with Crippen LogP contribution < -0.4 is 14.2 Å². The van der Waals surface area contributed by atoms with Crippen LogP contribution in [0.3, 0.4) is 0 Å². The van der Waals surface area contributed by atoms with Gasteiger partial charge in [0, 0.05) is 34.9 Å². The van der Waals surface area contributed by atoms with Crippen molar-refractivity contribution in [3.8, 4) is 11.5 Å². The maximum Gasteiger partial charge on any atom is 0.263 e. The molecule has 0 aliphatic carbocycles. The molecule has 1 aliphatic heterocycles. The molecule has 9 heteroatoms. The standard InChI is InChI=1S/C24H23ClN2O5S/c1-16-24(28)27(14-17-5-3-4-6-22(17)31-2)15-18-13-20(9-12-23(18)32-16)26-33(29,30)21-10-7-19(25)8-11-21/h3-13,16,26H,14-15H2,1-2H3/t16-/m1/s1. The fourth-order valence-corrected chi connectivity index (χ4v) is 4.84. The predicted octanol–water partition coefficient (Wildman–Crippen LogP) is 4.46. The number of fused-ring (bicyclic) bond motifs is 1. The number of halogens is 1. The van der Waals surface area contributed by atoms with Crippen molar-refractivity contribution in [3.63, 3.8) is 0 Å². The van der Waals surface area contributed by atoms with Gasteiger partial charge in [-0.2, -0.15) is 0 Å². The summed E-state index contributed by atoms with van der Waals surface area (Å²) >= 11 is 5.86. The zero-order chi connectivity index (χ0) is 23.6. The van der Waals surface area contributed by atoms with Gasteiger partial charge in [-0.3, -0.25) is 9.52 Å². The Kier molecular flexibility index (Phi) is 6.49. The topological polar surface area (TPSA) is 84.9 Å². The van der Waals surface area contributed by atoms with Crippen molar-refractivity contribution in [2.45, 2.75) is 31.0 Å². The molecule has 0 bridgehead atoms. The van der Waals surface area contributed by atoms with E-state index in [1.54, 1.807) is 37.1 Å². The van der Waals surface area contributed by atoms with Crippen molar-refractivity contribution in [2.75, 3.05) is 11.8 Å². The van der Waals surface area contributed by atoms with Gasteiger partial charge in [0.25, 0.3) is 15.9 Å². The highest BCUT2D eigenvalue weighted by molar-refractivity contribution is 7.92. The molecule has 1 atom stereocenters. The van der Waals surface area contributed by atoms with Gasteiger partial charge in [-0.1, -0.05) is 29.8 Å². The molecular weight excluding hydrogens is 464 g/mol. The normalized spacial score (nSPS) is 15.9. The van der Waals surface area contributed by atoms with Gasteiger partial charge in [0.05, 0.1) is 12.0 Å². The summed E-state index contributed by atoms with van der Waals surface area (Å²) in [6.07, 6.45) is -0.683. The third-order valence-corrected chi connectivity index (χ3v) is 6.96. The maximum atomic E-state index is 13.0. The largest absolute Gasteiger partial charge is 0.496 e. The van der Waals surface area contributed by atoms with Crippen molar-refractivity contribution in [2.24, 2.45) is 0 Å². The lowest BCUT2D eigenvalue weighted by atomic mass is 10.1. The zero-order valence-corrected chi connectivity index (χ0v) is 19.7. The van der Waals surface area contributed by atoms with Gasteiger partial charge >= 0.3 is 0 Å². The van der Waals surface area contributed by atoms with Crippen LogP contribution in [0.1, 0.15) is 18.1 Å². The van der Waals surface area contributed by atoms with Crippen LogP contribution in [0.4, 0.5) is 5.69 Å². The van der Waals surface area contributed by atoms with E-state index in [2.05, 4.69) is 4.72 Å². The first-order valence-corrected chi connectivity index (χ1v) is 12.1. The van der Waals surface area contributed by atoms with Gasteiger partial charge < -0.3 is 14.4 Å². The molecule has 4 rings (SSSR count). The summed E-state index contributed by atoms with van der Waals surface area (Å²) in [5.41, 5.74) is 1.93. The fraction of sp³-hybridized carbons (Fsp3) is 0.208. The van der Waals surface area contributed by atoms with Gasteiger partial charge in [-0.05, 0) is 55.5 Å². The Balaban J connectivity index is 1.61. The highest BCUT2D eigenvalue weighted by Gasteiger charge is 2.29. The molecule has 0 fully saturated rings. The van der Waals surface area contributed by atoms with Crippen LogP contribution in [-0.2, 0) is 27.9 Å². The number of carbonyl (C=O) groups excluding carboxylic acids is 1. The molecule has 0 spiro atoms. The van der Waals surface area contributed by atoms with Gasteiger partial charge in [-0.15, -0.1) is 0 Å². The Morgan fingerprint density at radius 3 is 2.58 bits per heavy atom. The summed E-state index contributed by atoms with van der Waals surface area (Å²) in [6, 6.07) is 18.4. The molecule has 33 heavy (non-hydrogen) atoms. The Hall–Kier alpha value is -3.23. The first-order valence-electron chi connectivity index (χ1n) is 10.3. The smallest absolute Gasteiger partial charge is 0.263 e. The second-order valence-corrected chi connectivity index (χ2v) is 9.77. The molecular formula is C24H23ClN2O5S. The van der Waals surface area contributed by atoms with Gasteiger partial charge in [0.1, 0.15) is 11.5 Å². The summed E-state index contributed by atoms with van der Waals surface area (Å²) < 4.78 is 39.4. The van der Waals surface area contributed by atoms with Crippen LogP contribution in [0.2, 0.25) is 5.02 Å². The molecule has 3 aromatic rings. The summed E-state index contributed by atoms with van der Waals surface area (Å²) in [7, 11) is -2.22. The molecule has 0 saturated heterocycles. The second-order valence-electron chi connectivity index (χ2n) is 7.65. The number of nitrogens with zero attached hydrogens (tertiary/aromatic N) is 1. The van der Waals surface area contributed by atoms with E-state index in [0.717, 1.165) is 5.56 Å². The van der Waals surface area contributed by atoms with Gasteiger partial charge in [0.2, 0.25) is 0 Å². The van der Waals surface area contributed by atoms with E-state index in [9.17, 15) is 13.2 Å². The number of ether oxygens (including phenoxy) is 2. The van der Waals surface area contributed by atoms with Gasteiger partial charge in [0.15, 0.2) is 6.10 Å². The second kappa shape index (κ2) is 9.33. The van der Waals surface area contributed by atoms with Crippen LogP contribution in [0.25, 0.3) is 0 Å². The number of benzene rings is 3. The predicted molar refractivity (Wildman–Crippen MR) is 126 cm³/mol. The monoisotopic (exact) mass is 486 g/mol. The molecule has 1 heterocycles. The molecule has 1 amide bonds. The first-order chi connectivity index (χ1) is 15.8. The Morgan fingerprint density at radius 1 is 1.12 bits per heavy atom. The number of sulfonamides is 1. The highest BCUT2D eigenvalue weighted by Crippen LogP contribution is 2.31. The average molecular weight is 487 g/mol. The van der Waals surface area contributed by atoms with E-state index < -0.39 is 16.1 Å².